The van der Waals surface area contributed by atoms with Gasteiger partial charge in [0.2, 0.25) is 5.91 Å². The zero-order valence-corrected chi connectivity index (χ0v) is 14.7. The van der Waals surface area contributed by atoms with Gasteiger partial charge in [-0.3, -0.25) is 4.79 Å². The fourth-order valence-corrected chi connectivity index (χ4v) is 3.02. The van der Waals surface area contributed by atoms with E-state index in [1.165, 1.54) is 26.2 Å². The number of nitrogens with zero attached hydrogens (tertiary/aromatic N) is 1. The van der Waals surface area contributed by atoms with Crippen LogP contribution >= 0.6 is 10.7 Å². The molecule has 0 saturated carbocycles. The average molecular weight is 371 g/mol. The Labute approximate surface area is 143 Å². The van der Waals surface area contributed by atoms with Crippen molar-refractivity contribution in [2.75, 3.05) is 12.4 Å². The fraction of sp³-hybridized carbons (Fsp3) is 0.200. The molecular formula is C15H15ClN2O5S. The third-order valence-electron chi connectivity index (χ3n) is 3.07. The fourth-order valence-electron chi connectivity index (χ4n) is 1.99. The van der Waals surface area contributed by atoms with Crippen LogP contribution in [0, 0.1) is 6.92 Å². The first-order chi connectivity index (χ1) is 11.2. The third-order valence-corrected chi connectivity index (χ3v) is 4.41. The number of anilines is 1. The number of ether oxygens (including phenoxy) is 1. The van der Waals surface area contributed by atoms with E-state index in [4.69, 9.17) is 19.9 Å². The first-order valence-electron chi connectivity index (χ1n) is 6.77. The third kappa shape index (κ3) is 4.15. The standard InChI is InChI=1S/C15H15ClN2O5S/c1-9-15(17-10(2)19)13(23-18-9)7-5-11-4-6-12(22-3)14(8-11)24(16,20)21/h4-8H,1-3H3,(H,17,19)/b7-5+. The van der Waals surface area contributed by atoms with Crippen LogP contribution in [0.4, 0.5) is 5.69 Å². The number of carbonyl (C=O) groups is 1. The summed E-state index contributed by atoms with van der Waals surface area (Å²) in [5, 5.41) is 6.42. The summed E-state index contributed by atoms with van der Waals surface area (Å²) in [5.41, 5.74) is 1.54. The summed E-state index contributed by atoms with van der Waals surface area (Å²) < 4.78 is 33.3. The maximum atomic E-state index is 11.6. The van der Waals surface area contributed by atoms with Crippen molar-refractivity contribution in [3.05, 3.63) is 35.2 Å². The van der Waals surface area contributed by atoms with E-state index in [0.717, 1.165) is 0 Å². The molecular weight excluding hydrogens is 356 g/mol. The minimum Gasteiger partial charge on any atom is -0.495 e. The van der Waals surface area contributed by atoms with E-state index in [0.29, 0.717) is 22.7 Å². The van der Waals surface area contributed by atoms with E-state index < -0.39 is 9.05 Å². The Morgan fingerprint density at radius 2 is 2.08 bits per heavy atom. The number of carbonyl (C=O) groups excluding carboxylic acids is 1. The number of aromatic nitrogens is 1. The predicted molar refractivity (Wildman–Crippen MR) is 90.5 cm³/mol. The number of amides is 1. The smallest absolute Gasteiger partial charge is 0.265 e. The van der Waals surface area contributed by atoms with Gasteiger partial charge in [-0.2, -0.15) is 0 Å². The largest absolute Gasteiger partial charge is 0.495 e. The normalized spacial score (nSPS) is 11.7. The number of hydrogen-bond acceptors (Lipinski definition) is 6. The van der Waals surface area contributed by atoms with Crippen molar-refractivity contribution in [1.82, 2.24) is 5.16 Å². The highest BCUT2D eigenvalue weighted by atomic mass is 35.7. The first-order valence-corrected chi connectivity index (χ1v) is 9.08. The molecule has 0 spiro atoms. The summed E-state index contributed by atoms with van der Waals surface area (Å²) in [5.74, 6) is 0.237. The van der Waals surface area contributed by atoms with Gasteiger partial charge in [-0.25, -0.2) is 8.42 Å². The summed E-state index contributed by atoms with van der Waals surface area (Å²) in [4.78, 5) is 11.1. The first kappa shape index (κ1) is 18.0. The molecule has 128 valence electrons. The summed E-state index contributed by atoms with van der Waals surface area (Å²) >= 11 is 0. The molecule has 1 aromatic heterocycles. The molecule has 1 heterocycles. The SMILES string of the molecule is COc1ccc(/C=C/c2onc(C)c2NC(C)=O)cc1S(=O)(=O)Cl. The van der Waals surface area contributed by atoms with E-state index in [9.17, 15) is 13.2 Å². The van der Waals surface area contributed by atoms with Gasteiger partial charge in [0, 0.05) is 17.6 Å². The highest BCUT2D eigenvalue weighted by Gasteiger charge is 2.17. The molecule has 2 aromatic rings. The number of rotatable bonds is 5. The van der Waals surface area contributed by atoms with Crippen LogP contribution in [0.15, 0.2) is 27.6 Å². The lowest BCUT2D eigenvalue weighted by molar-refractivity contribution is -0.114. The van der Waals surface area contributed by atoms with Crippen LogP contribution < -0.4 is 10.1 Å². The molecule has 24 heavy (non-hydrogen) atoms. The summed E-state index contributed by atoms with van der Waals surface area (Å²) in [6.07, 6.45) is 3.17. The number of methoxy groups -OCH3 is 1. The Morgan fingerprint density at radius 3 is 2.67 bits per heavy atom. The van der Waals surface area contributed by atoms with Gasteiger partial charge < -0.3 is 14.6 Å². The van der Waals surface area contributed by atoms with Gasteiger partial charge in [0.25, 0.3) is 9.05 Å². The molecule has 0 saturated heterocycles. The number of hydrogen-bond donors (Lipinski definition) is 1. The summed E-state index contributed by atoms with van der Waals surface area (Å²) in [7, 11) is 2.81. The van der Waals surface area contributed by atoms with Crippen molar-refractivity contribution < 1.29 is 22.5 Å². The Kier molecular flexibility index (Phi) is 5.30. The Morgan fingerprint density at radius 1 is 1.38 bits per heavy atom. The summed E-state index contributed by atoms with van der Waals surface area (Å²) in [6, 6.07) is 4.52. The molecule has 0 aliphatic carbocycles. The van der Waals surface area contributed by atoms with Crippen molar-refractivity contribution in [3.8, 4) is 5.75 Å². The Bertz CT molecular complexity index is 903. The molecule has 9 heteroatoms. The molecule has 1 aromatic carbocycles. The maximum absolute atomic E-state index is 11.6. The molecule has 0 fully saturated rings. The van der Waals surface area contributed by atoms with Gasteiger partial charge in [0.05, 0.1) is 7.11 Å². The van der Waals surface area contributed by atoms with Crippen molar-refractivity contribution in [1.29, 1.82) is 0 Å². The Balaban J connectivity index is 2.39. The van der Waals surface area contributed by atoms with E-state index in [1.54, 1.807) is 25.1 Å². The molecule has 0 atom stereocenters. The molecule has 0 radical (unpaired) electrons. The lowest BCUT2D eigenvalue weighted by Gasteiger charge is -2.06. The van der Waals surface area contributed by atoms with Crippen LogP contribution in [0.1, 0.15) is 23.9 Å². The monoisotopic (exact) mass is 370 g/mol. The minimum absolute atomic E-state index is 0.135. The predicted octanol–water partition coefficient (Wildman–Crippen LogP) is 3.05. The van der Waals surface area contributed by atoms with Crippen molar-refractivity contribution in [2.24, 2.45) is 0 Å². The highest BCUT2D eigenvalue weighted by Crippen LogP contribution is 2.29. The molecule has 1 N–H and O–H groups in total. The molecule has 7 nitrogen and oxygen atoms in total. The number of benzene rings is 1. The van der Waals surface area contributed by atoms with Crippen LogP contribution in [0.3, 0.4) is 0 Å². The second-order valence-electron chi connectivity index (χ2n) is 4.87. The molecule has 2 rings (SSSR count). The number of nitrogens with one attached hydrogen (secondary N) is 1. The van der Waals surface area contributed by atoms with Crippen molar-refractivity contribution in [2.45, 2.75) is 18.7 Å². The second kappa shape index (κ2) is 7.06. The second-order valence-corrected chi connectivity index (χ2v) is 7.40. The average Bonchev–Trinajstić information content (AvgIpc) is 2.84. The topological polar surface area (TPSA) is 98.5 Å². The van der Waals surface area contributed by atoms with E-state index in [-0.39, 0.29) is 16.6 Å². The zero-order chi connectivity index (χ0) is 17.9. The summed E-state index contributed by atoms with van der Waals surface area (Å²) in [6.45, 7) is 3.07. The maximum Gasteiger partial charge on any atom is 0.265 e. The lowest BCUT2D eigenvalue weighted by atomic mass is 10.2. The van der Waals surface area contributed by atoms with Gasteiger partial charge in [0.15, 0.2) is 5.76 Å². The van der Waals surface area contributed by atoms with Crippen LogP contribution in [0.5, 0.6) is 5.75 Å². The van der Waals surface area contributed by atoms with Gasteiger partial charge in [-0.1, -0.05) is 17.3 Å². The van der Waals surface area contributed by atoms with Crippen LogP contribution in [-0.4, -0.2) is 26.6 Å². The van der Waals surface area contributed by atoms with Crippen LogP contribution in [-0.2, 0) is 13.8 Å². The van der Waals surface area contributed by atoms with E-state index in [1.807, 2.05) is 0 Å². The van der Waals surface area contributed by atoms with Crippen molar-refractivity contribution >= 4 is 43.5 Å². The Hall–Kier alpha value is -2.32. The molecule has 0 aliphatic heterocycles. The molecule has 0 unspecified atom stereocenters. The van der Waals surface area contributed by atoms with Gasteiger partial charge in [0.1, 0.15) is 22.0 Å². The van der Waals surface area contributed by atoms with Gasteiger partial charge in [-0.15, -0.1) is 0 Å². The quantitative estimate of drug-likeness (QED) is 0.812. The van der Waals surface area contributed by atoms with E-state index in [2.05, 4.69) is 10.5 Å². The highest BCUT2D eigenvalue weighted by molar-refractivity contribution is 8.13. The molecule has 0 aliphatic rings. The number of aryl methyl sites for hydroxylation is 1. The minimum atomic E-state index is -3.95. The van der Waals surface area contributed by atoms with Gasteiger partial charge >= 0.3 is 0 Å². The van der Waals surface area contributed by atoms with Gasteiger partial charge in [-0.05, 0) is 30.7 Å². The molecule has 0 bridgehead atoms. The molecule has 1 amide bonds. The van der Waals surface area contributed by atoms with Crippen molar-refractivity contribution in [3.63, 3.8) is 0 Å². The zero-order valence-electron chi connectivity index (χ0n) is 13.2. The van der Waals surface area contributed by atoms with Crippen LogP contribution in [0.2, 0.25) is 0 Å². The van der Waals surface area contributed by atoms with Crippen LogP contribution in [0.25, 0.3) is 12.2 Å². The van der Waals surface area contributed by atoms with E-state index >= 15 is 0 Å². The number of halogens is 1. The lowest BCUT2D eigenvalue weighted by Crippen LogP contribution is -2.06.